The van der Waals surface area contributed by atoms with Crippen molar-refractivity contribution in [2.45, 2.75) is 31.3 Å². The molecule has 4 aromatic rings. The molecule has 226 valence electrons. The second-order valence-electron chi connectivity index (χ2n) is 9.91. The number of fused-ring (bicyclic) bond motifs is 1. The first-order valence-electron chi connectivity index (χ1n) is 13.1. The molecule has 2 amide bonds. The van der Waals surface area contributed by atoms with E-state index in [-0.39, 0.29) is 27.6 Å². The molecule has 0 bridgehead atoms. The van der Waals surface area contributed by atoms with Crippen LogP contribution < -0.4 is 10.9 Å². The summed E-state index contributed by atoms with van der Waals surface area (Å²) in [7, 11) is -1.12. The number of aromatic nitrogens is 2. The minimum Gasteiger partial charge on any atom is -0.273 e. The van der Waals surface area contributed by atoms with E-state index in [1.807, 2.05) is 25.1 Å². The van der Waals surface area contributed by atoms with Gasteiger partial charge in [-0.05, 0) is 83.7 Å². The monoisotopic (exact) mass is 640 g/mol. The van der Waals surface area contributed by atoms with Gasteiger partial charge in [-0.1, -0.05) is 18.2 Å². The molecule has 7 nitrogen and oxygen atoms in total. The highest BCUT2D eigenvalue weighted by Crippen LogP contribution is 2.44. The summed E-state index contributed by atoms with van der Waals surface area (Å²) in [5.74, 6) is -1.82. The van der Waals surface area contributed by atoms with Crippen molar-refractivity contribution < 1.29 is 31.4 Å². The highest BCUT2D eigenvalue weighted by atomic mass is 32.2. The molecule has 0 aliphatic heterocycles. The number of aryl methyl sites for hydroxylation is 1. The van der Waals surface area contributed by atoms with Crippen LogP contribution in [0.4, 0.5) is 17.6 Å². The molecular formula is C31H24F4N4O3S2. The average molecular weight is 641 g/mol. The van der Waals surface area contributed by atoms with Crippen LogP contribution in [0.5, 0.6) is 0 Å². The van der Waals surface area contributed by atoms with Gasteiger partial charge in [0.2, 0.25) is 5.91 Å². The van der Waals surface area contributed by atoms with Crippen LogP contribution in [0.3, 0.4) is 0 Å². The Bertz CT molecular complexity index is 1880. The minimum atomic E-state index is -4.64. The molecule has 1 atom stereocenters. The normalized spacial score (nSPS) is 14.5. The molecule has 2 N–H and O–H groups in total. The van der Waals surface area contributed by atoms with E-state index >= 15 is 0 Å². The van der Waals surface area contributed by atoms with E-state index in [0.717, 1.165) is 52.1 Å². The molecular weight excluding hydrogens is 616 g/mol. The summed E-state index contributed by atoms with van der Waals surface area (Å²) >= 11 is 0.742. The number of nitrogens with zero attached hydrogens (tertiary/aromatic N) is 2. The number of carbonyl (C=O) groups excluding carboxylic acids is 2. The third kappa shape index (κ3) is 6.38. The topological polar surface area (TPSA) is 101 Å². The van der Waals surface area contributed by atoms with Crippen molar-refractivity contribution >= 4 is 51.2 Å². The standard InChI is InChI=1S/C31H24F4N4O3S2/c1-16-22(12-18-4-7-20(8-5-18)44(3)42)21-9-6-19(32)13-24(21)23(16)14-27(40)38-39-29(41)28-17(2)37-30(43-28)25-15-36-11-10-26(25)31(33,34)35/h4-13,15H,14H2,1-3H3,(H,38,40)(H,39,41)/b22-12-. The Kier molecular flexibility index (Phi) is 8.62. The SMILES string of the molecule is CC1=C(CC(=O)NNC(=O)c2sc(-c3cnccc3C(F)(F)F)nc2C)c2cc(F)ccc2/C1=C\c1ccc(S(C)=O)cc1. The van der Waals surface area contributed by atoms with E-state index < -0.39 is 40.2 Å². The number of allylic oxidation sites excluding steroid dienone is 2. The summed E-state index contributed by atoms with van der Waals surface area (Å²) in [4.78, 5) is 34.4. The van der Waals surface area contributed by atoms with Crippen molar-refractivity contribution in [2.24, 2.45) is 0 Å². The van der Waals surface area contributed by atoms with Crippen molar-refractivity contribution in [3.8, 4) is 10.6 Å². The second-order valence-corrected chi connectivity index (χ2v) is 12.3. The van der Waals surface area contributed by atoms with Gasteiger partial charge in [0, 0.05) is 39.9 Å². The highest BCUT2D eigenvalue weighted by molar-refractivity contribution is 7.84. The maximum atomic E-state index is 14.3. The second kappa shape index (κ2) is 12.2. The zero-order valence-electron chi connectivity index (χ0n) is 23.5. The molecule has 2 aromatic carbocycles. The number of rotatable bonds is 6. The highest BCUT2D eigenvalue weighted by Gasteiger charge is 2.35. The van der Waals surface area contributed by atoms with Crippen LogP contribution in [0.25, 0.3) is 27.8 Å². The fraction of sp³-hybridized carbons (Fsp3) is 0.161. The summed E-state index contributed by atoms with van der Waals surface area (Å²) in [6, 6.07) is 12.3. The number of hydrogen-bond acceptors (Lipinski definition) is 6. The molecule has 0 spiro atoms. The van der Waals surface area contributed by atoms with Crippen molar-refractivity contribution in [3.05, 3.63) is 105 Å². The maximum absolute atomic E-state index is 14.3. The van der Waals surface area contributed by atoms with Gasteiger partial charge in [0.15, 0.2) is 0 Å². The van der Waals surface area contributed by atoms with Crippen LogP contribution in [-0.4, -0.2) is 32.2 Å². The van der Waals surface area contributed by atoms with Gasteiger partial charge in [-0.25, -0.2) is 9.37 Å². The Morgan fingerprint density at radius 3 is 2.41 bits per heavy atom. The third-order valence-corrected chi connectivity index (χ3v) is 9.11. The zero-order valence-corrected chi connectivity index (χ0v) is 25.1. The maximum Gasteiger partial charge on any atom is 0.417 e. The van der Waals surface area contributed by atoms with Gasteiger partial charge in [-0.15, -0.1) is 11.3 Å². The predicted molar refractivity (Wildman–Crippen MR) is 161 cm³/mol. The number of benzene rings is 2. The largest absolute Gasteiger partial charge is 0.417 e. The fourth-order valence-electron chi connectivity index (χ4n) is 4.83. The van der Waals surface area contributed by atoms with Crippen molar-refractivity contribution in [3.63, 3.8) is 0 Å². The van der Waals surface area contributed by atoms with Gasteiger partial charge in [0.1, 0.15) is 15.7 Å². The lowest BCUT2D eigenvalue weighted by molar-refractivity contribution is -0.137. The molecule has 44 heavy (non-hydrogen) atoms. The van der Waals surface area contributed by atoms with E-state index in [4.69, 9.17) is 0 Å². The van der Waals surface area contributed by atoms with E-state index in [1.54, 1.807) is 24.5 Å². The van der Waals surface area contributed by atoms with Crippen molar-refractivity contribution in [1.29, 1.82) is 0 Å². The number of alkyl halides is 3. The average Bonchev–Trinajstić information content (AvgIpc) is 3.49. The van der Waals surface area contributed by atoms with Crippen LogP contribution in [0.1, 0.15) is 51.0 Å². The van der Waals surface area contributed by atoms with Crippen LogP contribution in [-0.2, 0) is 21.8 Å². The van der Waals surface area contributed by atoms with Gasteiger partial charge in [-0.2, -0.15) is 13.2 Å². The van der Waals surface area contributed by atoms with Gasteiger partial charge in [-0.3, -0.25) is 29.6 Å². The lowest BCUT2D eigenvalue weighted by atomic mass is 10.0. The Morgan fingerprint density at radius 2 is 1.73 bits per heavy atom. The summed E-state index contributed by atoms with van der Waals surface area (Å²) in [5, 5.41) is -0.0401. The molecule has 13 heteroatoms. The van der Waals surface area contributed by atoms with Gasteiger partial charge >= 0.3 is 6.18 Å². The number of amides is 2. The van der Waals surface area contributed by atoms with E-state index in [0.29, 0.717) is 16.0 Å². The minimum absolute atomic E-state index is 0.0177. The smallest absolute Gasteiger partial charge is 0.273 e. The molecule has 0 saturated heterocycles. The van der Waals surface area contributed by atoms with Crippen molar-refractivity contribution in [2.75, 3.05) is 6.26 Å². The number of hydrogen-bond donors (Lipinski definition) is 2. The molecule has 2 heterocycles. The number of carbonyl (C=O) groups is 2. The Balaban J connectivity index is 1.34. The summed E-state index contributed by atoms with van der Waals surface area (Å²) in [6.07, 6.45) is 0.722. The quantitative estimate of drug-likeness (QED) is 0.183. The summed E-state index contributed by atoms with van der Waals surface area (Å²) in [5.41, 5.74) is 7.84. The Labute approximate surface area is 256 Å². The molecule has 1 aliphatic carbocycles. The van der Waals surface area contributed by atoms with Crippen LogP contribution in [0.2, 0.25) is 0 Å². The van der Waals surface area contributed by atoms with Crippen LogP contribution >= 0.6 is 11.3 Å². The zero-order chi connectivity index (χ0) is 31.8. The number of hydrazine groups is 1. The fourth-order valence-corrected chi connectivity index (χ4v) is 6.33. The van der Waals surface area contributed by atoms with E-state index in [9.17, 15) is 31.4 Å². The molecule has 2 aromatic heterocycles. The molecule has 0 fully saturated rings. The first-order valence-corrected chi connectivity index (χ1v) is 15.4. The van der Waals surface area contributed by atoms with E-state index in [2.05, 4.69) is 20.8 Å². The lowest BCUT2D eigenvalue weighted by Gasteiger charge is -2.10. The number of nitrogens with one attached hydrogen (secondary N) is 2. The first kappa shape index (κ1) is 31.0. The van der Waals surface area contributed by atoms with Crippen LogP contribution in [0, 0.1) is 12.7 Å². The molecule has 5 rings (SSSR count). The Hall–Kier alpha value is -4.49. The third-order valence-electron chi connectivity index (χ3n) is 6.99. The molecule has 1 aliphatic rings. The van der Waals surface area contributed by atoms with E-state index in [1.165, 1.54) is 19.1 Å². The molecule has 0 radical (unpaired) electrons. The van der Waals surface area contributed by atoms with Crippen LogP contribution in [0.15, 0.2) is 71.4 Å². The first-order chi connectivity index (χ1) is 20.8. The molecule has 0 saturated carbocycles. The number of pyridine rings is 1. The number of halogens is 4. The van der Waals surface area contributed by atoms with Crippen molar-refractivity contribution in [1.82, 2.24) is 20.8 Å². The summed E-state index contributed by atoms with van der Waals surface area (Å²) in [6.45, 7) is 3.29. The Morgan fingerprint density at radius 1 is 1.00 bits per heavy atom. The number of thiazole rings is 1. The molecule has 1 unspecified atom stereocenters. The lowest BCUT2D eigenvalue weighted by Crippen LogP contribution is -2.41. The van der Waals surface area contributed by atoms with Gasteiger partial charge in [0.05, 0.1) is 17.7 Å². The van der Waals surface area contributed by atoms with Gasteiger partial charge in [0.25, 0.3) is 5.91 Å². The summed E-state index contributed by atoms with van der Waals surface area (Å²) < 4.78 is 66.4. The van der Waals surface area contributed by atoms with Gasteiger partial charge < -0.3 is 0 Å². The predicted octanol–water partition coefficient (Wildman–Crippen LogP) is 6.59.